The maximum absolute atomic E-state index is 2.67. The van der Waals surface area contributed by atoms with Crippen molar-refractivity contribution in [1.82, 2.24) is 0 Å². The molecular weight excluding hydrogens is 525 g/mol. The molecule has 2 aromatic carbocycles. The Balaban J connectivity index is 1.47. The summed E-state index contributed by atoms with van der Waals surface area (Å²) in [7, 11) is -1.85. The van der Waals surface area contributed by atoms with Crippen LogP contribution in [-0.2, 0) is 0 Å². The third-order valence-electron chi connectivity index (χ3n) is 9.29. The molecule has 2 aliphatic rings. The molecule has 0 radical (unpaired) electrons. The molecular formula is C36H40S2Si. The van der Waals surface area contributed by atoms with Gasteiger partial charge >= 0.3 is 0 Å². The summed E-state index contributed by atoms with van der Waals surface area (Å²) < 4.78 is 0. The first-order valence-electron chi connectivity index (χ1n) is 14.2. The summed E-state index contributed by atoms with van der Waals surface area (Å²) in [5.41, 5.74) is 18.5. The number of aryl methyl sites for hydroxylation is 6. The van der Waals surface area contributed by atoms with E-state index in [4.69, 9.17) is 0 Å². The molecule has 2 heterocycles. The van der Waals surface area contributed by atoms with Gasteiger partial charge in [0.05, 0.1) is 8.07 Å². The summed E-state index contributed by atoms with van der Waals surface area (Å²) in [5.74, 6) is 0. The van der Waals surface area contributed by atoms with Gasteiger partial charge in [0.2, 0.25) is 0 Å². The van der Waals surface area contributed by atoms with Crippen LogP contribution >= 0.6 is 22.7 Å². The number of rotatable bonds is 4. The topological polar surface area (TPSA) is 0 Å². The van der Waals surface area contributed by atoms with E-state index in [-0.39, 0.29) is 0 Å². The monoisotopic (exact) mass is 564 g/mol. The number of allylic oxidation sites excluding steroid dienone is 2. The van der Waals surface area contributed by atoms with Crippen molar-refractivity contribution < 1.29 is 0 Å². The summed E-state index contributed by atoms with van der Waals surface area (Å²) in [6.07, 6.45) is 5.09. The lowest BCUT2D eigenvalue weighted by molar-refractivity contribution is 0.994. The Morgan fingerprint density at radius 3 is 1.33 bits per heavy atom. The van der Waals surface area contributed by atoms with Gasteiger partial charge in [-0.05, 0) is 88.8 Å². The molecule has 0 bridgehead atoms. The normalized spacial score (nSPS) is 18.3. The van der Waals surface area contributed by atoms with Gasteiger partial charge in [-0.2, -0.15) is 0 Å². The summed E-state index contributed by atoms with van der Waals surface area (Å²) in [5, 5.41) is 0. The van der Waals surface area contributed by atoms with Crippen LogP contribution < -0.4 is 0 Å². The fourth-order valence-electron chi connectivity index (χ4n) is 7.61. The first kappa shape index (κ1) is 26.7. The Hall–Kier alpha value is -2.46. The highest BCUT2D eigenvalue weighted by atomic mass is 32.1. The van der Waals surface area contributed by atoms with Gasteiger partial charge < -0.3 is 0 Å². The van der Waals surface area contributed by atoms with Gasteiger partial charge in [-0.3, -0.25) is 0 Å². The molecule has 0 spiro atoms. The van der Waals surface area contributed by atoms with E-state index in [0.717, 1.165) is 0 Å². The molecule has 0 nitrogen and oxygen atoms in total. The van der Waals surface area contributed by atoms with E-state index in [0.29, 0.717) is 11.1 Å². The van der Waals surface area contributed by atoms with Crippen molar-refractivity contribution in [3.05, 3.63) is 100 Å². The molecule has 0 amide bonds. The van der Waals surface area contributed by atoms with E-state index in [1.54, 1.807) is 20.9 Å². The van der Waals surface area contributed by atoms with Crippen LogP contribution in [0.1, 0.15) is 77.8 Å². The van der Waals surface area contributed by atoms with Gasteiger partial charge in [0, 0.05) is 41.7 Å². The molecule has 0 saturated heterocycles. The molecule has 2 aromatic heterocycles. The number of hydrogen-bond donors (Lipinski definition) is 0. The zero-order chi connectivity index (χ0) is 28.0. The highest BCUT2D eigenvalue weighted by Crippen LogP contribution is 2.58. The molecule has 0 fully saturated rings. The Morgan fingerprint density at radius 1 is 0.564 bits per heavy atom. The van der Waals surface area contributed by atoms with E-state index in [1.807, 2.05) is 0 Å². The van der Waals surface area contributed by atoms with Crippen LogP contribution in [0.2, 0.25) is 13.1 Å². The molecule has 200 valence electrons. The summed E-state index contributed by atoms with van der Waals surface area (Å²) in [6.45, 7) is 23.8. The molecule has 2 unspecified atom stereocenters. The van der Waals surface area contributed by atoms with Crippen LogP contribution in [0.5, 0.6) is 0 Å². The zero-order valence-corrected chi connectivity index (χ0v) is 27.7. The van der Waals surface area contributed by atoms with Gasteiger partial charge in [0.25, 0.3) is 0 Å². The minimum Gasteiger partial charge on any atom is -0.144 e. The smallest absolute Gasteiger partial charge is 0.0743 e. The van der Waals surface area contributed by atoms with E-state index >= 15 is 0 Å². The molecule has 0 aliphatic heterocycles. The summed E-state index contributed by atoms with van der Waals surface area (Å²) >= 11 is 4.14. The van der Waals surface area contributed by atoms with E-state index in [2.05, 4.69) is 140 Å². The summed E-state index contributed by atoms with van der Waals surface area (Å²) in [4.78, 5) is 6.19. The molecule has 6 rings (SSSR count). The van der Waals surface area contributed by atoms with E-state index in [1.165, 1.54) is 65.4 Å². The highest BCUT2D eigenvalue weighted by Gasteiger charge is 2.49. The lowest BCUT2D eigenvalue weighted by atomic mass is 9.95. The van der Waals surface area contributed by atoms with E-state index < -0.39 is 8.07 Å². The van der Waals surface area contributed by atoms with Crippen LogP contribution in [0.25, 0.3) is 34.4 Å². The van der Waals surface area contributed by atoms with Crippen molar-refractivity contribution in [3.8, 4) is 22.3 Å². The maximum Gasteiger partial charge on any atom is 0.0743 e. The average Bonchev–Trinajstić information content (AvgIpc) is 3.53. The first-order chi connectivity index (χ1) is 18.4. The van der Waals surface area contributed by atoms with Gasteiger partial charge in [0.1, 0.15) is 0 Å². The fraction of sp³-hybridized carbons (Fsp3) is 0.333. The first-order valence-corrected chi connectivity index (χ1v) is 19.0. The zero-order valence-electron chi connectivity index (χ0n) is 25.1. The second kappa shape index (κ2) is 9.29. The fourth-order valence-corrected chi connectivity index (χ4v) is 16.8. The standard InChI is InChI=1S/C36H40S2Si/c1-19-11-13-21(3)27(15-19)31-25(7)37-33-29(31)17-23(5)35(33)39(9,10)36-24(6)18-30-32(26(8)38-34(30)36)28-16-20(2)12-14-22(28)4/h11-18,35-36H,1-10H3. The van der Waals surface area contributed by atoms with Crippen LogP contribution in [0.3, 0.4) is 0 Å². The Bertz CT molecular complexity index is 1590. The van der Waals surface area contributed by atoms with Crippen molar-refractivity contribution in [3.63, 3.8) is 0 Å². The van der Waals surface area contributed by atoms with Crippen molar-refractivity contribution >= 4 is 42.9 Å². The maximum atomic E-state index is 2.67. The Morgan fingerprint density at radius 2 is 0.949 bits per heavy atom. The van der Waals surface area contributed by atoms with Crippen molar-refractivity contribution in [2.24, 2.45) is 0 Å². The van der Waals surface area contributed by atoms with Crippen LogP contribution in [0.4, 0.5) is 0 Å². The van der Waals surface area contributed by atoms with Gasteiger partial charge in [-0.25, -0.2) is 0 Å². The molecule has 4 aromatic rings. The Kier molecular flexibility index (Phi) is 6.37. The van der Waals surface area contributed by atoms with Crippen LogP contribution in [0, 0.1) is 41.5 Å². The van der Waals surface area contributed by atoms with E-state index in [9.17, 15) is 0 Å². The third-order valence-corrected chi connectivity index (χ3v) is 16.5. The van der Waals surface area contributed by atoms with Crippen LogP contribution in [-0.4, -0.2) is 8.07 Å². The minimum absolute atomic E-state index is 0.556. The summed E-state index contributed by atoms with van der Waals surface area (Å²) in [6, 6.07) is 13.8. The quantitative estimate of drug-likeness (QED) is 0.216. The van der Waals surface area contributed by atoms with Gasteiger partial charge in [0.15, 0.2) is 0 Å². The average molecular weight is 565 g/mol. The molecule has 2 aliphatic carbocycles. The number of fused-ring (bicyclic) bond motifs is 2. The van der Waals surface area contributed by atoms with Gasteiger partial charge in [-0.1, -0.05) is 83.9 Å². The number of hydrogen-bond acceptors (Lipinski definition) is 2. The Labute approximate surface area is 244 Å². The predicted molar refractivity (Wildman–Crippen MR) is 178 cm³/mol. The second-order valence-electron chi connectivity index (χ2n) is 12.7. The largest absolute Gasteiger partial charge is 0.144 e. The predicted octanol–water partition coefficient (Wildman–Crippen LogP) is 11.5. The molecule has 2 atom stereocenters. The molecule has 3 heteroatoms. The third kappa shape index (κ3) is 4.03. The van der Waals surface area contributed by atoms with Crippen molar-refractivity contribution in [2.45, 2.75) is 79.6 Å². The van der Waals surface area contributed by atoms with Gasteiger partial charge in [-0.15, -0.1) is 22.7 Å². The lowest BCUT2D eigenvalue weighted by Crippen LogP contribution is -2.41. The van der Waals surface area contributed by atoms with Crippen LogP contribution in [0.15, 0.2) is 47.5 Å². The minimum atomic E-state index is -1.85. The second-order valence-corrected chi connectivity index (χ2v) is 20.0. The molecule has 0 N–H and O–H groups in total. The van der Waals surface area contributed by atoms with Crippen molar-refractivity contribution in [1.29, 1.82) is 0 Å². The lowest BCUT2D eigenvalue weighted by Gasteiger charge is -2.37. The highest BCUT2D eigenvalue weighted by molar-refractivity contribution is 7.15. The molecule has 39 heavy (non-hydrogen) atoms. The molecule has 0 saturated carbocycles. The number of thiophene rings is 2. The number of benzene rings is 2. The SMILES string of the molecule is CC1=Cc2c(sc(C)c2-c2cc(C)ccc2C)C1[Si](C)(C)C1C(C)=Cc2c1sc(C)c2-c1cc(C)ccc1C. The van der Waals surface area contributed by atoms with Crippen molar-refractivity contribution in [2.75, 3.05) is 0 Å².